The van der Waals surface area contributed by atoms with Crippen LogP contribution in [0.2, 0.25) is 0 Å². The molecule has 0 aliphatic heterocycles. The van der Waals surface area contributed by atoms with Gasteiger partial charge in [0.25, 0.3) is 5.91 Å². The predicted octanol–water partition coefficient (Wildman–Crippen LogP) is 0.574. The molecule has 0 aliphatic rings. The Labute approximate surface area is 106 Å². The Bertz CT molecular complexity index is 366. The first-order valence-electron chi connectivity index (χ1n) is 5.62. The number of carbonyl (C=O) groups is 1. The van der Waals surface area contributed by atoms with Crippen molar-refractivity contribution in [1.29, 1.82) is 0 Å². The Balaban J connectivity index is 2.23. The van der Waals surface area contributed by atoms with Gasteiger partial charge >= 0.3 is 0 Å². The van der Waals surface area contributed by atoms with Gasteiger partial charge in [-0.05, 0) is 25.2 Å². The van der Waals surface area contributed by atoms with E-state index in [2.05, 4.69) is 10.4 Å². The van der Waals surface area contributed by atoms with E-state index in [0.717, 1.165) is 23.6 Å². The molecule has 1 aromatic heterocycles. The Morgan fingerprint density at radius 1 is 1.59 bits per heavy atom. The summed E-state index contributed by atoms with van der Waals surface area (Å²) in [5.41, 5.74) is 1.43. The van der Waals surface area contributed by atoms with Crippen molar-refractivity contribution in [3.63, 3.8) is 0 Å². The Morgan fingerprint density at radius 3 is 2.94 bits per heavy atom. The lowest BCUT2D eigenvalue weighted by atomic mass is 10.3. The molecule has 1 rings (SSSR count). The van der Waals surface area contributed by atoms with Crippen molar-refractivity contribution in [2.75, 3.05) is 24.7 Å². The summed E-state index contributed by atoms with van der Waals surface area (Å²) in [5, 5.41) is 15.6. The Morgan fingerprint density at radius 2 is 2.35 bits per heavy atom. The van der Waals surface area contributed by atoms with Gasteiger partial charge in [-0.15, -0.1) is 0 Å². The summed E-state index contributed by atoms with van der Waals surface area (Å²) in [4.78, 5) is 11.7. The SMILES string of the molecule is Cc1cc(C(=O)NCCSCCCO)n(C)n1. The molecule has 1 amide bonds. The second kappa shape index (κ2) is 7.34. The fraction of sp³-hybridized carbons (Fsp3) is 0.636. The smallest absolute Gasteiger partial charge is 0.269 e. The molecule has 0 aromatic carbocycles. The van der Waals surface area contributed by atoms with Crippen LogP contribution in [0.3, 0.4) is 0 Å². The van der Waals surface area contributed by atoms with Gasteiger partial charge in [-0.25, -0.2) is 0 Å². The molecule has 0 radical (unpaired) electrons. The predicted molar refractivity (Wildman–Crippen MR) is 69.3 cm³/mol. The van der Waals surface area contributed by atoms with Crippen LogP contribution < -0.4 is 5.32 Å². The third kappa shape index (κ3) is 4.79. The van der Waals surface area contributed by atoms with Gasteiger partial charge in [0.2, 0.25) is 0 Å². The minimum atomic E-state index is -0.0872. The summed E-state index contributed by atoms with van der Waals surface area (Å²) in [5.74, 6) is 1.70. The number of aromatic nitrogens is 2. The van der Waals surface area contributed by atoms with E-state index in [0.29, 0.717) is 12.2 Å². The van der Waals surface area contributed by atoms with Gasteiger partial charge in [0, 0.05) is 26.0 Å². The van der Waals surface area contributed by atoms with Gasteiger partial charge in [-0.1, -0.05) is 0 Å². The molecule has 5 nitrogen and oxygen atoms in total. The summed E-state index contributed by atoms with van der Waals surface area (Å²) in [6.45, 7) is 2.73. The third-order valence-electron chi connectivity index (χ3n) is 2.21. The first kappa shape index (κ1) is 14.1. The summed E-state index contributed by atoms with van der Waals surface area (Å²) in [7, 11) is 1.76. The van der Waals surface area contributed by atoms with Crippen LogP contribution in [-0.2, 0) is 7.05 Å². The first-order valence-corrected chi connectivity index (χ1v) is 6.78. The average Bonchev–Trinajstić information content (AvgIpc) is 2.62. The average molecular weight is 257 g/mol. The zero-order valence-corrected chi connectivity index (χ0v) is 11.1. The van der Waals surface area contributed by atoms with Crippen molar-refractivity contribution in [2.24, 2.45) is 7.05 Å². The maximum Gasteiger partial charge on any atom is 0.269 e. The summed E-state index contributed by atoms with van der Waals surface area (Å²) in [6, 6.07) is 1.77. The number of aliphatic hydroxyl groups is 1. The number of hydrogen-bond acceptors (Lipinski definition) is 4. The highest BCUT2D eigenvalue weighted by atomic mass is 32.2. The summed E-state index contributed by atoms with van der Waals surface area (Å²) >= 11 is 1.73. The molecule has 0 aliphatic carbocycles. The number of rotatable bonds is 7. The van der Waals surface area contributed by atoms with E-state index in [9.17, 15) is 4.79 Å². The molecule has 96 valence electrons. The number of thioether (sulfide) groups is 1. The maximum absolute atomic E-state index is 11.7. The van der Waals surface area contributed by atoms with E-state index in [1.54, 1.807) is 29.6 Å². The van der Waals surface area contributed by atoms with Gasteiger partial charge in [0.05, 0.1) is 5.69 Å². The van der Waals surface area contributed by atoms with E-state index in [1.807, 2.05) is 6.92 Å². The topological polar surface area (TPSA) is 67.2 Å². The van der Waals surface area contributed by atoms with Crippen molar-refractivity contribution in [3.8, 4) is 0 Å². The number of hydrogen-bond donors (Lipinski definition) is 2. The second-order valence-corrected chi connectivity index (χ2v) is 4.96. The molecule has 0 bridgehead atoms. The van der Waals surface area contributed by atoms with E-state index >= 15 is 0 Å². The molecule has 6 heteroatoms. The lowest BCUT2D eigenvalue weighted by Gasteiger charge is -2.04. The van der Waals surface area contributed by atoms with Crippen molar-refractivity contribution in [3.05, 3.63) is 17.5 Å². The molecule has 0 unspecified atom stereocenters. The minimum absolute atomic E-state index is 0.0872. The van der Waals surface area contributed by atoms with E-state index in [1.165, 1.54) is 0 Å². The molecule has 17 heavy (non-hydrogen) atoms. The van der Waals surface area contributed by atoms with Crippen molar-refractivity contribution in [1.82, 2.24) is 15.1 Å². The molecule has 0 atom stereocenters. The quantitative estimate of drug-likeness (QED) is 0.701. The monoisotopic (exact) mass is 257 g/mol. The standard InChI is InChI=1S/C11H19N3O2S/c1-9-8-10(14(2)13-9)11(16)12-4-7-17-6-3-5-15/h8,15H,3-7H2,1-2H3,(H,12,16). The third-order valence-corrected chi connectivity index (χ3v) is 3.28. The maximum atomic E-state index is 11.7. The Kier molecular flexibility index (Phi) is 6.07. The van der Waals surface area contributed by atoms with Crippen molar-refractivity contribution >= 4 is 17.7 Å². The van der Waals surface area contributed by atoms with Gasteiger partial charge in [-0.3, -0.25) is 9.48 Å². The lowest BCUT2D eigenvalue weighted by molar-refractivity contribution is 0.0947. The lowest BCUT2D eigenvalue weighted by Crippen LogP contribution is -2.27. The van der Waals surface area contributed by atoms with Gasteiger partial charge in [-0.2, -0.15) is 16.9 Å². The van der Waals surface area contributed by atoms with E-state index < -0.39 is 0 Å². The molecule has 0 fully saturated rings. The highest BCUT2D eigenvalue weighted by Crippen LogP contribution is 2.03. The fourth-order valence-electron chi connectivity index (χ4n) is 1.42. The minimum Gasteiger partial charge on any atom is -0.396 e. The normalized spacial score (nSPS) is 10.5. The van der Waals surface area contributed by atoms with Crippen LogP contribution in [0.4, 0.5) is 0 Å². The zero-order valence-electron chi connectivity index (χ0n) is 10.3. The molecule has 1 aromatic rings. The highest BCUT2D eigenvalue weighted by molar-refractivity contribution is 7.99. The molecular weight excluding hydrogens is 238 g/mol. The number of aryl methyl sites for hydroxylation is 2. The van der Waals surface area contributed by atoms with Crippen molar-refractivity contribution in [2.45, 2.75) is 13.3 Å². The fourth-order valence-corrected chi connectivity index (χ4v) is 2.20. The zero-order chi connectivity index (χ0) is 12.7. The summed E-state index contributed by atoms with van der Waals surface area (Å²) < 4.78 is 1.59. The Hall–Kier alpha value is -1.01. The van der Waals surface area contributed by atoms with Crippen LogP contribution in [0.5, 0.6) is 0 Å². The van der Waals surface area contributed by atoms with Gasteiger partial charge < -0.3 is 10.4 Å². The van der Waals surface area contributed by atoms with Crippen LogP contribution in [0, 0.1) is 6.92 Å². The van der Waals surface area contributed by atoms with Gasteiger partial charge in [0.15, 0.2) is 0 Å². The number of nitrogens with one attached hydrogen (secondary N) is 1. The van der Waals surface area contributed by atoms with Crippen LogP contribution >= 0.6 is 11.8 Å². The molecule has 0 saturated carbocycles. The number of nitrogens with zero attached hydrogens (tertiary/aromatic N) is 2. The molecule has 0 spiro atoms. The van der Waals surface area contributed by atoms with Gasteiger partial charge in [0.1, 0.15) is 5.69 Å². The number of carbonyl (C=O) groups excluding carboxylic acids is 1. The van der Waals surface area contributed by atoms with E-state index in [-0.39, 0.29) is 12.5 Å². The van der Waals surface area contributed by atoms with E-state index in [4.69, 9.17) is 5.11 Å². The molecule has 0 saturated heterocycles. The van der Waals surface area contributed by atoms with Crippen LogP contribution in [0.1, 0.15) is 22.6 Å². The number of aliphatic hydroxyl groups excluding tert-OH is 1. The van der Waals surface area contributed by atoms with Crippen LogP contribution in [0.15, 0.2) is 6.07 Å². The second-order valence-electron chi connectivity index (χ2n) is 3.74. The van der Waals surface area contributed by atoms with Crippen molar-refractivity contribution < 1.29 is 9.90 Å². The number of amides is 1. The first-order chi connectivity index (χ1) is 8.15. The molecular formula is C11H19N3O2S. The molecule has 2 N–H and O–H groups in total. The highest BCUT2D eigenvalue weighted by Gasteiger charge is 2.10. The summed E-state index contributed by atoms with van der Waals surface area (Å²) in [6.07, 6.45) is 0.805. The van der Waals surface area contributed by atoms with Crippen LogP contribution in [0.25, 0.3) is 0 Å². The molecule has 1 heterocycles. The van der Waals surface area contributed by atoms with Crippen LogP contribution in [-0.4, -0.2) is 45.5 Å². The largest absolute Gasteiger partial charge is 0.396 e.